The van der Waals surface area contributed by atoms with Crippen LogP contribution in [0.25, 0.3) is 0 Å². The first-order valence-corrected chi connectivity index (χ1v) is 7.97. The molecular weight excluding hydrogens is 328 g/mol. The molecule has 0 radical (unpaired) electrons. The fraction of sp³-hybridized carbons (Fsp3) is 0.471. The molecule has 1 atom stereocenters. The molecule has 0 unspecified atom stereocenters. The third-order valence-electron chi connectivity index (χ3n) is 4.15. The summed E-state index contributed by atoms with van der Waals surface area (Å²) >= 11 is 0. The summed E-state index contributed by atoms with van der Waals surface area (Å²) in [6.07, 6.45) is 1.66. The van der Waals surface area contributed by atoms with Crippen LogP contribution in [0.4, 0.5) is 10.5 Å². The summed E-state index contributed by atoms with van der Waals surface area (Å²) in [5.74, 6) is -1.16. The van der Waals surface area contributed by atoms with Gasteiger partial charge in [0.05, 0.1) is 31.0 Å². The van der Waals surface area contributed by atoms with Gasteiger partial charge in [-0.05, 0) is 37.0 Å². The molecule has 2 rings (SSSR count). The molecule has 1 aromatic rings. The average Bonchev–Trinajstić information content (AvgIpc) is 2.66. The minimum Gasteiger partial charge on any atom is -0.465 e. The number of ether oxygens (including phenoxy) is 2. The van der Waals surface area contributed by atoms with Gasteiger partial charge in [-0.25, -0.2) is 14.4 Å². The number of nitrogens with zero attached hydrogens (tertiary/aromatic N) is 1. The molecule has 25 heavy (non-hydrogen) atoms. The van der Waals surface area contributed by atoms with E-state index in [2.05, 4.69) is 10.1 Å². The van der Waals surface area contributed by atoms with E-state index in [-0.39, 0.29) is 29.3 Å². The lowest BCUT2D eigenvalue weighted by Crippen LogP contribution is -2.43. The third-order valence-corrected chi connectivity index (χ3v) is 4.15. The van der Waals surface area contributed by atoms with Gasteiger partial charge in [0.15, 0.2) is 0 Å². The fourth-order valence-corrected chi connectivity index (χ4v) is 2.77. The predicted octanol–water partition coefficient (Wildman–Crippen LogP) is 1.50. The van der Waals surface area contributed by atoms with Gasteiger partial charge in [0, 0.05) is 19.7 Å². The number of hydrogen-bond acceptors (Lipinski definition) is 6. The van der Waals surface area contributed by atoms with E-state index in [1.165, 1.54) is 32.4 Å². The largest absolute Gasteiger partial charge is 0.465 e. The van der Waals surface area contributed by atoms with Gasteiger partial charge in [0.1, 0.15) is 0 Å². The molecule has 1 heterocycles. The van der Waals surface area contributed by atoms with E-state index >= 15 is 0 Å². The van der Waals surface area contributed by atoms with Crippen molar-refractivity contribution in [1.82, 2.24) is 4.90 Å². The zero-order valence-corrected chi connectivity index (χ0v) is 14.3. The molecule has 8 heteroatoms. The lowest BCUT2D eigenvalue weighted by Gasteiger charge is -2.32. The Hall–Kier alpha value is -2.61. The van der Waals surface area contributed by atoms with Crippen molar-refractivity contribution in [3.05, 3.63) is 29.3 Å². The molecule has 136 valence electrons. The minimum atomic E-state index is -0.626. The van der Waals surface area contributed by atoms with Crippen molar-refractivity contribution in [3.8, 4) is 0 Å². The summed E-state index contributed by atoms with van der Waals surface area (Å²) in [6, 6.07) is 3.81. The van der Waals surface area contributed by atoms with Gasteiger partial charge in [-0.3, -0.25) is 0 Å². The van der Waals surface area contributed by atoms with Crippen molar-refractivity contribution >= 4 is 23.7 Å². The Morgan fingerprint density at radius 1 is 1.24 bits per heavy atom. The zero-order chi connectivity index (χ0) is 18.4. The summed E-state index contributed by atoms with van der Waals surface area (Å²) in [6.45, 7) is 1.02. The maximum atomic E-state index is 12.5. The number of piperidine rings is 1. The van der Waals surface area contributed by atoms with Crippen molar-refractivity contribution in [3.63, 3.8) is 0 Å². The summed E-state index contributed by atoms with van der Waals surface area (Å²) < 4.78 is 9.37. The number of likely N-dealkylation sites (tertiary alicyclic amines) is 1. The molecule has 1 saturated heterocycles. The number of methoxy groups -OCH3 is 2. The van der Waals surface area contributed by atoms with Crippen molar-refractivity contribution in [2.75, 3.05) is 39.2 Å². The molecular formula is C17H22N2O6. The predicted molar refractivity (Wildman–Crippen MR) is 89.5 cm³/mol. The molecule has 1 aliphatic heterocycles. The Balaban J connectivity index is 2.24. The highest BCUT2D eigenvalue weighted by molar-refractivity contribution is 6.03. The van der Waals surface area contributed by atoms with Crippen LogP contribution in [0.15, 0.2) is 18.2 Å². The number of carbonyl (C=O) groups is 3. The van der Waals surface area contributed by atoms with Crippen LogP contribution in [-0.4, -0.2) is 61.9 Å². The normalized spacial score (nSPS) is 16.9. The Bertz CT molecular complexity index is 661. The summed E-state index contributed by atoms with van der Waals surface area (Å²) in [7, 11) is 2.48. The third kappa shape index (κ3) is 4.48. The minimum absolute atomic E-state index is 0.0228. The maximum Gasteiger partial charge on any atom is 0.339 e. The molecule has 1 fully saturated rings. The van der Waals surface area contributed by atoms with Crippen molar-refractivity contribution in [2.45, 2.75) is 12.8 Å². The van der Waals surface area contributed by atoms with E-state index in [1.54, 1.807) is 4.90 Å². The van der Waals surface area contributed by atoms with Crippen molar-refractivity contribution < 1.29 is 29.0 Å². The molecule has 0 spiro atoms. The van der Waals surface area contributed by atoms with Gasteiger partial charge >= 0.3 is 18.0 Å². The molecule has 2 amide bonds. The number of urea groups is 1. The smallest absolute Gasteiger partial charge is 0.339 e. The summed E-state index contributed by atoms with van der Waals surface area (Å²) in [5.41, 5.74) is 0.516. The van der Waals surface area contributed by atoms with E-state index in [0.29, 0.717) is 13.1 Å². The number of anilines is 1. The van der Waals surface area contributed by atoms with Gasteiger partial charge in [0.2, 0.25) is 0 Å². The lowest BCUT2D eigenvalue weighted by atomic mass is 9.99. The standard InChI is InChI=1S/C17H22N2O6/c1-24-15(21)12-5-6-13(16(22)25-2)14(8-12)18-17(23)19-7-3-4-11(9-19)10-20/h5-6,8,11,20H,3-4,7,9-10H2,1-2H3,(H,18,23)/t11-/m0/s1. The summed E-state index contributed by atoms with van der Waals surface area (Å²) in [4.78, 5) is 37.7. The fourth-order valence-electron chi connectivity index (χ4n) is 2.77. The van der Waals surface area contributed by atoms with E-state index in [4.69, 9.17) is 4.74 Å². The molecule has 2 N–H and O–H groups in total. The van der Waals surface area contributed by atoms with Crippen LogP contribution in [0.1, 0.15) is 33.6 Å². The highest BCUT2D eigenvalue weighted by Gasteiger charge is 2.25. The monoisotopic (exact) mass is 350 g/mol. The van der Waals surface area contributed by atoms with Gasteiger partial charge in [-0.2, -0.15) is 0 Å². The van der Waals surface area contributed by atoms with Crippen LogP contribution in [-0.2, 0) is 9.47 Å². The number of aliphatic hydroxyl groups excluding tert-OH is 1. The first-order valence-electron chi connectivity index (χ1n) is 7.97. The zero-order valence-electron chi connectivity index (χ0n) is 14.3. The number of nitrogens with one attached hydrogen (secondary N) is 1. The number of rotatable bonds is 4. The Morgan fingerprint density at radius 3 is 2.60 bits per heavy atom. The number of amides is 2. The van der Waals surface area contributed by atoms with Crippen LogP contribution < -0.4 is 5.32 Å². The lowest BCUT2D eigenvalue weighted by molar-refractivity contribution is 0.0587. The maximum absolute atomic E-state index is 12.5. The number of aliphatic hydroxyl groups is 1. The van der Waals surface area contributed by atoms with Crippen molar-refractivity contribution in [2.24, 2.45) is 5.92 Å². The number of hydrogen-bond donors (Lipinski definition) is 2. The first-order chi connectivity index (χ1) is 12.0. The van der Waals surface area contributed by atoms with Crippen LogP contribution in [0.3, 0.4) is 0 Å². The van der Waals surface area contributed by atoms with E-state index in [9.17, 15) is 19.5 Å². The molecule has 8 nitrogen and oxygen atoms in total. The molecule has 1 aromatic carbocycles. The van der Waals surface area contributed by atoms with Gasteiger partial charge < -0.3 is 24.8 Å². The van der Waals surface area contributed by atoms with E-state index in [0.717, 1.165) is 12.8 Å². The van der Waals surface area contributed by atoms with Crippen LogP contribution >= 0.6 is 0 Å². The second-order valence-electron chi connectivity index (χ2n) is 5.81. The molecule has 0 bridgehead atoms. The van der Waals surface area contributed by atoms with Gasteiger partial charge in [0.25, 0.3) is 0 Å². The quantitative estimate of drug-likeness (QED) is 0.797. The number of carbonyl (C=O) groups excluding carboxylic acids is 3. The second kappa shape index (κ2) is 8.48. The van der Waals surface area contributed by atoms with Crippen LogP contribution in [0.5, 0.6) is 0 Å². The number of esters is 2. The van der Waals surface area contributed by atoms with Crippen LogP contribution in [0, 0.1) is 5.92 Å². The molecule has 0 aromatic heterocycles. The average molecular weight is 350 g/mol. The summed E-state index contributed by atoms with van der Waals surface area (Å²) in [5, 5.41) is 11.9. The van der Waals surface area contributed by atoms with Crippen molar-refractivity contribution in [1.29, 1.82) is 0 Å². The Labute approximate surface area is 145 Å². The number of benzene rings is 1. The Morgan fingerprint density at radius 2 is 1.96 bits per heavy atom. The van der Waals surface area contributed by atoms with E-state index < -0.39 is 18.0 Å². The van der Waals surface area contributed by atoms with Gasteiger partial charge in [-0.15, -0.1) is 0 Å². The molecule has 0 saturated carbocycles. The van der Waals surface area contributed by atoms with E-state index in [1.807, 2.05) is 0 Å². The van der Waals surface area contributed by atoms with Crippen LogP contribution in [0.2, 0.25) is 0 Å². The first kappa shape index (κ1) is 18.7. The topological polar surface area (TPSA) is 105 Å². The SMILES string of the molecule is COC(=O)c1ccc(C(=O)OC)c(NC(=O)N2CCC[C@H](CO)C2)c1. The highest BCUT2D eigenvalue weighted by Crippen LogP contribution is 2.22. The Kier molecular flexibility index (Phi) is 6.35. The van der Waals surface area contributed by atoms with Gasteiger partial charge in [-0.1, -0.05) is 0 Å². The molecule has 1 aliphatic rings. The second-order valence-corrected chi connectivity index (χ2v) is 5.81. The highest BCUT2D eigenvalue weighted by atomic mass is 16.5. The molecule has 0 aliphatic carbocycles.